The second-order valence-electron chi connectivity index (χ2n) is 9.12. The van der Waals surface area contributed by atoms with Gasteiger partial charge in [0.05, 0.1) is 23.6 Å². The topological polar surface area (TPSA) is 59.8 Å². The maximum atomic E-state index is 13.8. The van der Waals surface area contributed by atoms with Crippen LogP contribution >= 0.6 is 0 Å². The lowest BCUT2D eigenvalue weighted by Crippen LogP contribution is -2.29. The summed E-state index contributed by atoms with van der Waals surface area (Å²) >= 11 is 0. The molecule has 5 nitrogen and oxygen atoms in total. The highest BCUT2D eigenvalue weighted by atomic mass is 16.5. The minimum atomic E-state index is -0.557. The van der Waals surface area contributed by atoms with E-state index in [2.05, 4.69) is 6.92 Å². The van der Waals surface area contributed by atoms with Crippen LogP contribution in [0, 0.1) is 6.92 Å². The average Bonchev–Trinajstić information content (AvgIpc) is 3.15. The fraction of sp³-hybridized carbons (Fsp3) is 0.267. The molecule has 1 amide bonds. The second-order valence-corrected chi connectivity index (χ2v) is 9.12. The molecule has 0 N–H and O–H groups in total. The van der Waals surface area contributed by atoms with Crippen molar-refractivity contribution < 1.29 is 13.9 Å². The number of hydrogen-bond acceptors (Lipinski definition) is 4. The number of hydrogen-bond donors (Lipinski definition) is 0. The van der Waals surface area contributed by atoms with Crippen LogP contribution in [0.2, 0.25) is 0 Å². The zero-order valence-corrected chi connectivity index (χ0v) is 20.1. The highest BCUT2D eigenvalue weighted by Gasteiger charge is 2.42. The SMILES string of the molecule is CCCCCOc1cccc(C2c3c(oc4ccc(C)cc4c3=O)C(=O)N2Cc2ccccc2)c1. The first-order valence-corrected chi connectivity index (χ1v) is 12.2. The zero-order valence-electron chi connectivity index (χ0n) is 20.1. The highest BCUT2D eigenvalue weighted by Crippen LogP contribution is 2.40. The van der Waals surface area contributed by atoms with Crippen LogP contribution in [0.3, 0.4) is 0 Å². The quantitative estimate of drug-likeness (QED) is 0.281. The van der Waals surface area contributed by atoms with Crippen molar-refractivity contribution in [2.75, 3.05) is 6.61 Å². The molecule has 178 valence electrons. The van der Waals surface area contributed by atoms with Crippen LogP contribution in [0.1, 0.15) is 65.0 Å². The Morgan fingerprint density at radius 2 is 1.77 bits per heavy atom. The van der Waals surface area contributed by atoms with Gasteiger partial charge < -0.3 is 14.1 Å². The van der Waals surface area contributed by atoms with E-state index in [9.17, 15) is 9.59 Å². The van der Waals surface area contributed by atoms with Gasteiger partial charge in [-0.2, -0.15) is 0 Å². The first-order valence-electron chi connectivity index (χ1n) is 12.2. The summed E-state index contributed by atoms with van der Waals surface area (Å²) < 4.78 is 12.1. The molecule has 35 heavy (non-hydrogen) atoms. The van der Waals surface area contributed by atoms with Gasteiger partial charge in [0.25, 0.3) is 5.91 Å². The summed E-state index contributed by atoms with van der Waals surface area (Å²) in [5, 5.41) is 0.495. The lowest BCUT2D eigenvalue weighted by Gasteiger charge is -2.25. The molecule has 4 aromatic rings. The average molecular weight is 468 g/mol. The lowest BCUT2D eigenvalue weighted by atomic mass is 9.97. The maximum Gasteiger partial charge on any atom is 0.291 e. The summed E-state index contributed by atoms with van der Waals surface area (Å²) in [6.07, 6.45) is 3.23. The lowest BCUT2D eigenvalue weighted by molar-refractivity contribution is 0.0714. The van der Waals surface area contributed by atoms with Gasteiger partial charge in [0.1, 0.15) is 11.3 Å². The van der Waals surface area contributed by atoms with E-state index in [4.69, 9.17) is 9.15 Å². The van der Waals surface area contributed by atoms with Crippen molar-refractivity contribution in [3.8, 4) is 5.75 Å². The van der Waals surface area contributed by atoms with Crippen molar-refractivity contribution in [3.05, 3.63) is 111 Å². The van der Waals surface area contributed by atoms with E-state index in [-0.39, 0.29) is 17.1 Å². The molecule has 0 aliphatic carbocycles. The number of fused-ring (bicyclic) bond motifs is 2. The Morgan fingerprint density at radius 3 is 2.57 bits per heavy atom. The minimum absolute atomic E-state index is 0.126. The van der Waals surface area contributed by atoms with Crippen LogP contribution in [0.15, 0.2) is 82.0 Å². The first kappa shape index (κ1) is 22.9. The zero-order chi connectivity index (χ0) is 24.4. The number of nitrogens with zero attached hydrogens (tertiary/aromatic N) is 1. The standard InChI is InChI=1S/C30H29NO4/c1-3-4-8-16-34-23-13-9-12-22(18-23)27-26-28(32)24-17-20(2)14-15-25(24)35-29(26)30(33)31(27)19-21-10-6-5-7-11-21/h5-7,9-15,17-18,27H,3-4,8,16,19H2,1-2H3. The predicted octanol–water partition coefficient (Wildman–Crippen LogP) is 6.42. The van der Waals surface area contributed by atoms with Gasteiger partial charge in [-0.05, 0) is 48.7 Å². The molecule has 1 aromatic heterocycles. The molecule has 0 saturated carbocycles. The minimum Gasteiger partial charge on any atom is -0.494 e. The van der Waals surface area contributed by atoms with E-state index in [1.165, 1.54) is 0 Å². The van der Waals surface area contributed by atoms with E-state index >= 15 is 0 Å². The van der Waals surface area contributed by atoms with E-state index in [0.29, 0.717) is 29.7 Å². The largest absolute Gasteiger partial charge is 0.494 e. The number of carbonyl (C=O) groups is 1. The van der Waals surface area contributed by atoms with Crippen LogP contribution in [-0.4, -0.2) is 17.4 Å². The van der Waals surface area contributed by atoms with Gasteiger partial charge in [-0.1, -0.05) is 73.9 Å². The third-order valence-corrected chi connectivity index (χ3v) is 6.51. The van der Waals surface area contributed by atoms with Gasteiger partial charge in [0.2, 0.25) is 5.76 Å². The van der Waals surface area contributed by atoms with Crippen molar-refractivity contribution >= 4 is 16.9 Å². The number of carbonyl (C=O) groups excluding carboxylic acids is 1. The molecule has 2 heterocycles. The monoisotopic (exact) mass is 467 g/mol. The summed E-state index contributed by atoms with van der Waals surface area (Å²) in [7, 11) is 0. The van der Waals surface area contributed by atoms with Gasteiger partial charge in [-0.3, -0.25) is 9.59 Å². The molecule has 5 rings (SSSR count). The number of benzene rings is 3. The third kappa shape index (κ3) is 4.46. The van der Waals surface area contributed by atoms with Crippen molar-refractivity contribution in [1.82, 2.24) is 4.90 Å². The molecule has 0 bridgehead atoms. The Balaban J connectivity index is 1.62. The third-order valence-electron chi connectivity index (χ3n) is 6.51. The number of aryl methyl sites for hydroxylation is 1. The Bertz CT molecular complexity index is 1420. The Labute approximate surface area is 205 Å². The normalized spacial score (nSPS) is 15.0. The molecule has 1 aliphatic heterocycles. The fourth-order valence-electron chi connectivity index (χ4n) is 4.74. The second kappa shape index (κ2) is 9.79. The van der Waals surface area contributed by atoms with Crippen LogP contribution in [0.4, 0.5) is 0 Å². The Morgan fingerprint density at radius 1 is 0.943 bits per heavy atom. The van der Waals surface area contributed by atoms with Crippen molar-refractivity contribution in [2.45, 2.75) is 45.7 Å². The van der Waals surface area contributed by atoms with E-state index in [0.717, 1.165) is 41.7 Å². The Hall–Kier alpha value is -3.86. The highest BCUT2D eigenvalue weighted by molar-refractivity contribution is 5.99. The molecular weight excluding hydrogens is 438 g/mol. The number of unbranched alkanes of at least 4 members (excludes halogenated alkanes) is 2. The van der Waals surface area contributed by atoms with E-state index in [1.807, 2.05) is 73.7 Å². The first-order chi connectivity index (χ1) is 17.1. The molecular formula is C30H29NO4. The Kier molecular flexibility index (Phi) is 6.41. The number of rotatable bonds is 8. The summed E-state index contributed by atoms with van der Waals surface area (Å²) in [4.78, 5) is 29.1. The molecule has 0 saturated heterocycles. The van der Waals surface area contributed by atoms with Crippen LogP contribution < -0.4 is 10.2 Å². The maximum absolute atomic E-state index is 13.8. The van der Waals surface area contributed by atoms with Gasteiger partial charge in [0, 0.05) is 6.54 Å². The number of ether oxygens (including phenoxy) is 1. The summed E-state index contributed by atoms with van der Waals surface area (Å²) in [6, 6.07) is 22.4. The number of amides is 1. The molecule has 0 fully saturated rings. The van der Waals surface area contributed by atoms with Crippen LogP contribution in [0.5, 0.6) is 5.75 Å². The van der Waals surface area contributed by atoms with E-state index < -0.39 is 6.04 Å². The van der Waals surface area contributed by atoms with Crippen LogP contribution in [0.25, 0.3) is 11.0 Å². The molecule has 1 atom stereocenters. The summed E-state index contributed by atoms with van der Waals surface area (Å²) in [5.74, 6) is 0.587. The van der Waals surface area contributed by atoms with Crippen molar-refractivity contribution in [1.29, 1.82) is 0 Å². The van der Waals surface area contributed by atoms with Gasteiger partial charge in [-0.25, -0.2) is 0 Å². The van der Waals surface area contributed by atoms with Gasteiger partial charge >= 0.3 is 0 Å². The molecule has 1 aliphatic rings. The summed E-state index contributed by atoms with van der Waals surface area (Å²) in [6.45, 7) is 5.10. The van der Waals surface area contributed by atoms with E-state index in [1.54, 1.807) is 11.0 Å². The molecule has 5 heteroatoms. The molecule has 0 spiro atoms. The fourth-order valence-corrected chi connectivity index (χ4v) is 4.74. The van der Waals surface area contributed by atoms with Crippen molar-refractivity contribution in [2.24, 2.45) is 0 Å². The smallest absolute Gasteiger partial charge is 0.291 e. The summed E-state index contributed by atoms with van der Waals surface area (Å²) in [5.41, 5.74) is 3.45. The molecule has 3 aromatic carbocycles. The van der Waals surface area contributed by atoms with Crippen LogP contribution in [-0.2, 0) is 6.54 Å². The molecule has 1 unspecified atom stereocenters. The van der Waals surface area contributed by atoms with Gasteiger partial charge in [-0.15, -0.1) is 0 Å². The predicted molar refractivity (Wildman–Crippen MR) is 137 cm³/mol. The van der Waals surface area contributed by atoms with Gasteiger partial charge in [0.15, 0.2) is 5.43 Å². The molecule has 0 radical (unpaired) electrons. The van der Waals surface area contributed by atoms with Crippen molar-refractivity contribution in [3.63, 3.8) is 0 Å².